The van der Waals surface area contributed by atoms with E-state index < -0.39 is 5.97 Å². The number of thiol groups is 1. The lowest BCUT2D eigenvalue weighted by atomic mass is 10.3. The predicted octanol–water partition coefficient (Wildman–Crippen LogP) is 1.50. The van der Waals surface area contributed by atoms with Crippen LogP contribution >= 0.6 is 12.6 Å². The number of carbonyl (C=O) groups is 2. The lowest BCUT2D eigenvalue weighted by molar-refractivity contribution is -0.141. The fourth-order valence-corrected chi connectivity index (χ4v) is 1.43. The fourth-order valence-electron chi connectivity index (χ4n) is 1.21. The van der Waals surface area contributed by atoms with E-state index in [1.165, 1.54) is 4.90 Å². The molecular weight excluding hydrogens is 226 g/mol. The molecule has 0 heterocycles. The molecule has 0 saturated carbocycles. The van der Waals surface area contributed by atoms with Gasteiger partial charge >= 0.3 is 5.97 Å². The van der Waals surface area contributed by atoms with Crippen molar-refractivity contribution < 1.29 is 14.3 Å². The molecule has 0 N–H and O–H groups in total. The zero-order chi connectivity index (χ0) is 12.0. The summed E-state index contributed by atoms with van der Waals surface area (Å²) in [5.41, 5.74) is 0.621. The normalized spacial score (nSPS) is 9.62. The number of anilines is 1. The van der Waals surface area contributed by atoms with E-state index in [4.69, 9.17) is 4.74 Å². The summed E-state index contributed by atoms with van der Waals surface area (Å²) in [7, 11) is 0. The minimum atomic E-state index is -0.431. The number of hydrogen-bond donors (Lipinski definition) is 1. The van der Waals surface area contributed by atoms with Gasteiger partial charge in [-0.15, -0.1) is 12.6 Å². The van der Waals surface area contributed by atoms with Crippen molar-refractivity contribution in [3.8, 4) is 0 Å². The summed E-state index contributed by atoms with van der Waals surface area (Å²) < 4.78 is 4.77. The van der Waals surface area contributed by atoms with Crippen molar-refractivity contribution in [2.45, 2.75) is 11.8 Å². The number of rotatable bonds is 5. The summed E-state index contributed by atoms with van der Waals surface area (Å²) in [6, 6.07) is 6.99. The second-order valence-corrected chi connectivity index (χ2v) is 3.57. The van der Waals surface area contributed by atoms with Gasteiger partial charge in [-0.1, -0.05) is 6.07 Å². The Hall–Kier alpha value is -1.49. The Labute approximate surface area is 99.6 Å². The van der Waals surface area contributed by atoms with E-state index in [0.717, 1.165) is 4.90 Å². The Kier molecular flexibility index (Phi) is 4.85. The van der Waals surface area contributed by atoms with Crippen molar-refractivity contribution in [3.63, 3.8) is 0 Å². The maximum atomic E-state index is 11.2. The molecular formula is C11H13NO3S. The Bertz CT molecular complexity index is 381. The van der Waals surface area contributed by atoms with Crippen LogP contribution in [0.25, 0.3) is 0 Å². The van der Waals surface area contributed by atoms with Gasteiger partial charge in [0.05, 0.1) is 6.61 Å². The Morgan fingerprint density at radius 2 is 2.31 bits per heavy atom. The number of carbonyl (C=O) groups excluding carboxylic acids is 2. The number of ether oxygens (including phenoxy) is 1. The van der Waals surface area contributed by atoms with Gasteiger partial charge in [0.1, 0.15) is 6.54 Å². The first-order chi connectivity index (χ1) is 7.67. The van der Waals surface area contributed by atoms with E-state index in [1.54, 1.807) is 31.2 Å². The van der Waals surface area contributed by atoms with Crippen LogP contribution in [0.2, 0.25) is 0 Å². The molecule has 0 unspecified atom stereocenters. The maximum Gasteiger partial charge on any atom is 0.326 e. The molecule has 0 aliphatic rings. The topological polar surface area (TPSA) is 46.6 Å². The van der Waals surface area contributed by atoms with E-state index in [2.05, 4.69) is 12.6 Å². The number of hydrogen-bond acceptors (Lipinski definition) is 4. The molecule has 5 heteroatoms. The third-order valence-electron chi connectivity index (χ3n) is 1.89. The van der Waals surface area contributed by atoms with Gasteiger partial charge in [0.15, 0.2) is 0 Å². The minimum Gasteiger partial charge on any atom is -0.465 e. The van der Waals surface area contributed by atoms with Gasteiger partial charge in [0, 0.05) is 10.6 Å². The molecule has 16 heavy (non-hydrogen) atoms. The molecule has 1 rings (SSSR count). The molecule has 86 valence electrons. The van der Waals surface area contributed by atoms with Gasteiger partial charge in [-0.05, 0) is 25.1 Å². The van der Waals surface area contributed by atoms with E-state index >= 15 is 0 Å². The van der Waals surface area contributed by atoms with Crippen LogP contribution in [0.1, 0.15) is 6.92 Å². The lowest BCUT2D eigenvalue weighted by Crippen LogP contribution is -2.29. The van der Waals surface area contributed by atoms with Gasteiger partial charge in [0.25, 0.3) is 0 Å². The van der Waals surface area contributed by atoms with Gasteiger partial charge < -0.3 is 9.64 Å². The average Bonchev–Trinajstić information content (AvgIpc) is 2.26. The largest absolute Gasteiger partial charge is 0.465 e. The molecule has 0 aliphatic carbocycles. The van der Waals surface area contributed by atoms with Crippen molar-refractivity contribution in [2.75, 3.05) is 18.1 Å². The molecule has 0 bridgehead atoms. The van der Waals surface area contributed by atoms with Gasteiger partial charge in [0.2, 0.25) is 6.41 Å². The number of amides is 1. The van der Waals surface area contributed by atoms with Gasteiger partial charge in [-0.25, -0.2) is 0 Å². The van der Waals surface area contributed by atoms with Crippen LogP contribution in [-0.2, 0) is 14.3 Å². The highest BCUT2D eigenvalue weighted by molar-refractivity contribution is 7.80. The monoisotopic (exact) mass is 239 g/mol. The second-order valence-electron chi connectivity index (χ2n) is 3.06. The SMILES string of the molecule is CCOC(=O)CN(C=O)c1cccc(S)c1. The third kappa shape index (κ3) is 3.58. The zero-order valence-electron chi connectivity index (χ0n) is 8.92. The molecule has 0 atom stereocenters. The minimum absolute atomic E-state index is 0.0887. The third-order valence-corrected chi connectivity index (χ3v) is 2.17. The molecule has 1 aromatic carbocycles. The molecule has 4 nitrogen and oxygen atoms in total. The van der Waals surface area contributed by atoms with Crippen molar-refractivity contribution in [1.82, 2.24) is 0 Å². The Morgan fingerprint density at radius 3 is 2.88 bits per heavy atom. The molecule has 1 aromatic rings. The standard InChI is InChI=1S/C11H13NO3S/c1-2-15-11(14)7-12(8-13)9-4-3-5-10(16)6-9/h3-6,8,16H,2,7H2,1H3. The summed E-state index contributed by atoms with van der Waals surface area (Å²) >= 11 is 4.16. The van der Waals surface area contributed by atoms with Crippen molar-refractivity contribution in [3.05, 3.63) is 24.3 Å². The smallest absolute Gasteiger partial charge is 0.326 e. The molecule has 0 aliphatic heterocycles. The Morgan fingerprint density at radius 1 is 1.56 bits per heavy atom. The van der Waals surface area contributed by atoms with Crippen LogP contribution in [0.15, 0.2) is 29.2 Å². The molecule has 1 amide bonds. The average molecular weight is 239 g/mol. The van der Waals surface area contributed by atoms with Crippen LogP contribution < -0.4 is 4.90 Å². The maximum absolute atomic E-state index is 11.2. The van der Waals surface area contributed by atoms with E-state index in [-0.39, 0.29) is 6.54 Å². The molecule has 0 spiro atoms. The van der Waals surface area contributed by atoms with Crippen LogP contribution in [0.3, 0.4) is 0 Å². The van der Waals surface area contributed by atoms with E-state index in [0.29, 0.717) is 18.7 Å². The summed E-state index contributed by atoms with van der Waals surface area (Å²) in [6.45, 7) is 1.93. The van der Waals surface area contributed by atoms with Crippen LogP contribution in [-0.4, -0.2) is 25.5 Å². The number of esters is 1. The lowest BCUT2D eigenvalue weighted by Gasteiger charge is -2.16. The van der Waals surface area contributed by atoms with Crippen LogP contribution in [0, 0.1) is 0 Å². The first-order valence-corrected chi connectivity index (χ1v) is 5.28. The van der Waals surface area contributed by atoms with E-state index in [1.807, 2.05) is 0 Å². The highest BCUT2D eigenvalue weighted by Gasteiger charge is 2.11. The van der Waals surface area contributed by atoms with Gasteiger partial charge in [-0.3, -0.25) is 9.59 Å². The zero-order valence-corrected chi connectivity index (χ0v) is 9.81. The van der Waals surface area contributed by atoms with Crippen molar-refractivity contribution >= 4 is 30.7 Å². The summed E-state index contributed by atoms with van der Waals surface area (Å²) in [5, 5.41) is 0. The Balaban J connectivity index is 2.74. The summed E-state index contributed by atoms with van der Waals surface area (Å²) in [4.78, 5) is 24.1. The van der Waals surface area contributed by atoms with E-state index in [9.17, 15) is 9.59 Å². The fraction of sp³-hybridized carbons (Fsp3) is 0.273. The molecule has 0 radical (unpaired) electrons. The second kappa shape index (κ2) is 6.17. The first kappa shape index (κ1) is 12.6. The van der Waals surface area contributed by atoms with Crippen molar-refractivity contribution in [1.29, 1.82) is 0 Å². The predicted molar refractivity (Wildman–Crippen MR) is 63.7 cm³/mol. The molecule has 0 fully saturated rings. The quantitative estimate of drug-likeness (QED) is 0.481. The summed E-state index contributed by atoms with van der Waals surface area (Å²) in [5.74, 6) is -0.431. The highest BCUT2D eigenvalue weighted by Crippen LogP contribution is 2.17. The van der Waals surface area contributed by atoms with Crippen LogP contribution in [0.4, 0.5) is 5.69 Å². The van der Waals surface area contributed by atoms with Crippen molar-refractivity contribution in [2.24, 2.45) is 0 Å². The van der Waals surface area contributed by atoms with Crippen LogP contribution in [0.5, 0.6) is 0 Å². The molecule has 0 aromatic heterocycles. The molecule has 0 saturated heterocycles. The first-order valence-electron chi connectivity index (χ1n) is 4.84. The highest BCUT2D eigenvalue weighted by atomic mass is 32.1. The summed E-state index contributed by atoms with van der Waals surface area (Å²) in [6.07, 6.45) is 0.597. The number of benzene rings is 1. The number of nitrogens with zero attached hydrogens (tertiary/aromatic N) is 1. The van der Waals surface area contributed by atoms with Gasteiger partial charge in [-0.2, -0.15) is 0 Å².